The zero-order valence-electron chi connectivity index (χ0n) is 16.4. The molecule has 1 saturated heterocycles. The van der Waals surface area contributed by atoms with Gasteiger partial charge < -0.3 is 10.2 Å². The van der Waals surface area contributed by atoms with E-state index in [9.17, 15) is 13.2 Å². The summed E-state index contributed by atoms with van der Waals surface area (Å²) in [7, 11) is -3.57. The molecule has 0 radical (unpaired) electrons. The van der Waals surface area contributed by atoms with Crippen LogP contribution in [0.15, 0.2) is 41.6 Å². The molecule has 1 aliphatic heterocycles. The van der Waals surface area contributed by atoms with Gasteiger partial charge in [-0.25, -0.2) is 18.4 Å². The number of carbonyl (C=O) groups is 1. The van der Waals surface area contributed by atoms with Crippen LogP contribution in [0.5, 0.6) is 0 Å². The Hall–Kier alpha value is -2.52. The van der Waals surface area contributed by atoms with Gasteiger partial charge in [-0.15, -0.1) is 0 Å². The molecule has 1 N–H and O–H groups in total. The van der Waals surface area contributed by atoms with Crippen LogP contribution in [0.2, 0.25) is 0 Å². The maximum atomic E-state index is 13.0. The van der Waals surface area contributed by atoms with Crippen LogP contribution in [0.25, 0.3) is 0 Å². The molecule has 4 rings (SSSR count). The normalized spacial score (nSPS) is 17.9. The maximum absolute atomic E-state index is 13.0. The second kappa shape index (κ2) is 8.08. The molecule has 8 nitrogen and oxygen atoms in total. The number of amides is 1. The van der Waals surface area contributed by atoms with Gasteiger partial charge in [0.25, 0.3) is 0 Å². The Morgan fingerprint density at radius 2 is 1.79 bits per heavy atom. The van der Waals surface area contributed by atoms with E-state index in [1.54, 1.807) is 37.5 Å². The molecule has 0 bridgehead atoms. The Balaban J connectivity index is 1.40. The molecule has 0 atom stereocenters. The van der Waals surface area contributed by atoms with Crippen LogP contribution in [0.3, 0.4) is 0 Å². The lowest BCUT2D eigenvalue weighted by molar-refractivity contribution is -0.115. The highest BCUT2D eigenvalue weighted by Gasteiger charge is 2.30. The van der Waals surface area contributed by atoms with Crippen molar-refractivity contribution in [1.29, 1.82) is 0 Å². The number of benzene rings is 1. The van der Waals surface area contributed by atoms with E-state index in [4.69, 9.17) is 0 Å². The molecule has 1 amide bonds. The zero-order valence-corrected chi connectivity index (χ0v) is 17.2. The summed E-state index contributed by atoms with van der Waals surface area (Å²) in [6, 6.07) is 8.36. The number of sulfonamides is 1. The Morgan fingerprint density at radius 1 is 1.10 bits per heavy atom. The quantitative estimate of drug-likeness (QED) is 0.777. The minimum atomic E-state index is -3.57. The average molecular weight is 416 g/mol. The van der Waals surface area contributed by atoms with Crippen LogP contribution in [-0.4, -0.2) is 54.8 Å². The Morgan fingerprint density at radius 3 is 2.41 bits per heavy atom. The van der Waals surface area contributed by atoms with E-state index in [1.165, 1.54) is 17.1 Å². The summed E-state index contributed by atoms with van der Waals surface area (Å²) in [6.45, 7) is 3.75. The summed E-state index contributed by atoms with van der Waals surface area (Å²) in [6.07, 6.45) is 4.34. The van der Waals surface area contributed by atoms with Crippen molar-refractivity contribution in [2.45, 2.75) is 37.0 Å². The fraction of sp³-hybridized carbons (Fsp3) is 0.450. The fourth-order valence-corrected chi connectivity index (χ4v) is 4.83. The molecule has 2 heterocycles. The summed E-state index contributed by atoms with van der Waals surface area (Å²) in [5, 5.41) is 2.72. The third-order valence-corrected chi connectivity index (χ3v) is 7.24. The first-order valence-electron chi connectivity index (χ1n) is 9.94. The van der Waals surface area contributed by atoms with E-state index in [0.29, 0.717) is 44.2 Å². The maximum Gasteiger partial charge on any atom is 0.243 e. The van der Waals surface area contributed by atoms with Crippen LogP contribution in [0.4, 0.5) is 11.5 Å². The highest BCUT2D eigenvalue weighted by atomic mass is 32.2. The summed E-state index contributed by atoms with van der Waals surface area (Å²) in [4.78, 5) is 22.5. The molecule has 1 aromatic carbocycles. The summed E-state index contributed by atoms with van der Waals surface area (Å²) >= 11 is 0. The highest BCUT2D eigenvalue weighted by molar-refractivity contribution is 7.89. The molecule has 2 aromatic rings. The van der Waals surface area contributed by atoms with Gasteiger partial charge in [-0.3, -0.25) is 4.79 Å². The first-order chi connectivity index (χ1) is 14.0. The SMILES string of the molecule is CCC(=O)Nc1ccc(S(=O)(=O)N2CCN(c3cc(C4CC4)ncn3)CC2)cc1. The van der Waals surface area contributed by atoms with Crippen molar-refractivity contribution in [3.05, 3.63) is 42.4 Å². The minimum Gasteiger partial charge on any atom is -0.354 e. The molecular weight excluding hydrogens is 390 g/mol. The molecule has 9 heteroatoms. The Kier molecular flexibility index (Phi) is 5.51. The molecule has 2 fully saturated rings. The predicted octanol–water partition coefficient (Wildman–Crippen LogP) is 2.21. The smallest absolute Gasteiger partial charge is 0.243 e. The molecule has 154 valence electrons. The van der Waals surface area contributed by atoms with Crippen LogP contribution in [0.1, 0.15) is 37.8 Å². The van der Waals surface area contributed by atoms with Crippen LogP contribution >= 0.6 is 0 Å². The van der Waals surface area contributed by atoms with E-state index >= 15 is 0 Å². The van der Waals surface area contributed by atoms with Gasteiger partial charge in [0.05, 0.1) is 4.90 Å². The number of piperazine rings is 1. The predicted molar refractivity (Wildman–Crippen MR) is 110 cm³/mol. The van der Waals surface area contributed by atoms with Crippen molar-refractivity contribution in [2.75, 3.05) is 36.4 Å². The van der Waals surface area contributed by atoms with E-state index in [1.807, 2.05) is 6.07 Å². The van der Waals surface area contributed by atoms with E-state index < -0.39 is 10.0 Å². The Bertz CT molecular complexity index is 981. The monoisotopic (exact) mass is 415 g/mol. The van der Waals surface area contributed by atoms with Crippen LogP contribution in [0, 0.1) is 0 Å². The lowest BCUT2D eigenvalue weighted by Crippen LogP contribution is -2.48. The van der Waals surface area contributed by atoms with Gasteiger partial charge in [0.15, 0.2) is 0 Å². The number of aromatic nitrogens is 2. The van der Waals surface area contributed by atoms with E-state index in [0.717, 1.165) is 11.5 Å². The molecule has 1 saturated carbocycles. The molecule has 1 aromatic heterocycles. The van der Waals surface area contributed by atoms with Gasteiger partial charge in [0.2, 0.25) is 15.9 Å². The van der Waals surface area contributed by atoms with Gasteiger partial charge in [-0.05, 0) is 37.1 Å². The molecule has 1 aliphatic carbocycles. The molecule has 2 aliphatic rings. The largest absolute Gasteiger partial charge is 0.354 e. The number of hydrogen-bond acceptors (Lipinski definition) is 6. The lowest BCUT2D eigenvalue weighted by atomic mass is 10.2. The van der Waals surface area contributed by atoms with E-state index in [-0.39, 0.29) is 10.8 Å². The third kappa shape index (κ3) is 4.40. The number of nitrogens with one attached hydrogen (secondary N) is 1. The van der Waals surface area contributed by atoms with Gasteiger partial charge in [0, 0.05) is 56.0 Å². The number of rotatable bonds is 6. The average Bonchev–Trinajstić information content (AvgIpc) is 3.60. The second-order valence-corrected chi connectivity index (χ2v) is 9.33. The first kappa shape index (κ1) is 19.8. The highest BCUT2D eigenvalue weighted by Crippen LogP contribution is 2.39. The van der Waals surface area contributed by atoms with Crippen molar-refractivity contribution in [1.82, 2.24) is 14.3 Å². The minimum absolute atomic E-state index is 0.105. The van der Waals surface area contributed by atoms with Gasteiger partial charge in [-0.1, -0.05) is 6.92 Å². The summed E-state index contributed by atoms with van der Waals surface area (Å²) in [5.74, 6) is 1.32. The van der Waals surface area contributed by atoms with Crippen LogP contribution in [-0.2, 0) is 14.8 Å². The molecular formula is C20H25N5O3S. The Labute approximate surface area is 171 Å². The standard InChI is InChI=1S/C20H25N5O3S/c1-2-20(26)23-16-5-7-17(8-6-16)29(27,28)25-11-9-24(10-12-25)19-13-18(15-3-4-15)21-14-22-19/h5-8,13-15H,2-4,9-12H2,1H3,(H,23,26). The van der Waals surface area contributed by atoms with Crippen molar-refractivity contribution in [2.24, 2.45) is 0 Å². The van der Waals surface area contributed by atoms with Crippen molar-refractivity contribution < 1.29 is 13.2 Å². The number of hydrogen-bond donors (Lipinski definition) is 1. The molecule has 0 unspecified atom stereocenters. The number of nitrogens with zero attached hydrogens (tertiary/aromatic N) is 4. The topological polar surface area (TPSA) is 95.5 Å². The number of carbonyl (C=O) groups excluding carboxylic acids is 1. The van der Waals surface area contributed by atoms with Gasteiger partial charge >= 0.3 is 0 Å². The zero-order chi connectivity index (χ0) is 20.4. The number of anilines is 2. The fourth-order valence-electron chi connectivity index (χ4n) is 3.40. The summed E-state index contributed by atoms with van der Waals surface area (Å²) < 4.78 is 27.4. The third-order valence-electron chi connectivity index (χ3n) is 5.33. The first-order valence-corrected chi connectivity index (χ1v) is 11.4. The van der Waals surface area contributed by atoms with Crippen molar-refractivity contribution in [3.63, 3.8) is 0 Å². The molecule has 29 heavy (non-hydrogen) atoms. The second-order valence-electron chi connectivity index (χ2n) is 7.39. The van der Waals surface area contributed by atoms with Gasteiger partial charge in [0.1, 0.15) is 12.1 Å². The van der Waals surface area contributed by atoms with Crippen molar-refractivity contribution in [3.8, 4) is 0 Å². The van der Waals surface area contributed by atoms with Crippen LogP contribution < -0.4 is 10.2 Å². The molecule has 0 spiro atoms. The lowest BCUT2D eigenvalue weighted by Gasteiger charge is -2.34. The van der Waals surface area contributed by atoms with Crippen molar-refractivity contribution >= 4 is 27.4 Å². The van der Waals surface area contributed by atoms with E-state index in [2.05, 4.69) is 20.2 Å². The van der Waals surface area contributed by atoms with Gasteiger partial charge in [-0.2, -0.15) is 4.31 Å². The summed E-state index contributed by atoms with van der Waals surface area (Å²) in [5.41, 5.74) is 1.68.